The first-order valence-corrected chi connectivity index (χ1v) is 14.6. The van der Waals surface area contributed by atoms with Crippen LogP contribution in [0.25, 0.3) is 11.1 Å². The van der Waals surface area contributed by atoms with Crippen LogP contribution >= 0.6 is 0 Å². The second-order valence-electron chi connectivity index (χ2n) is 11.1. The van der Waals surface area contributed by atoms with Gasteiger partial charge in [0.1, 0.15) is 5.69 Å². The van der Waals surface area contributed by atoms with E-state index in [1.54, 1.807) is 20.3 Å². The summed E-state index contributed by atoms with van der Waals surface area (Å²) in [7, 11) is 3.25. The fourth-order valence-corrected chi connectivity index (χ4v) is 6.47. The molecule has 5 heterocycles. The molecular formula is C31H36N8O3. The van der Waals surface area contributed by atoms with Crippen LogP contribution < -0.4 is 15.5 Å². The summed E-state index contributed by atoms with van der Waals surface area (Å²) in [6.07, 6.45) is 6.05. The Morgan fingerprint density at radius 2 is 1.90 bits per heavy atom. The monoisotopic (exact) mass is 568 g/mol. The predicted octanol–water partition coefficient (Wildman–Crippen LogP) is 3.62. The largest absolute Gasteiger partial charge is 0.381 e. The summed E-state index contributed by atoms with van der Waals surface area (Å²) >= 11 is 0. The van der Waals surface area contributed by atoms with Crippen LogP contribution in [0.15, 0.2) is 24.4 Å². The first kappa shape index (κ1) is 27.7. The number of anilines is 2. The van der Waals surface area contributed by atoms with Gasteiger partial charge in [0.05, 0.1) is 24.2 Å². The van der Waals surface area contributed by atoms with E-state index in [4.69, 9.17) is 9.84 Å². The average Bonchev–Trinajstić information content (AvgIpc) is 3.42. The molecule has 0 saturated carbocycles. The minimum Gasteiger partial charge on any atom is -0.381 e. The van der Waals surface area contributed by atoms with Crippen LogP contribution in [0, 0.1) is 18.3 Å². The molecule has 0 atom stereocenters. The lowest BCUT2D eigenvalue weighted by Gasteiger charge is -2.33. The lowest BCUT2D eigenvalue weighted by atomic mass is 9.92. The molecule has 42 heavy (non-hydrogen) atoms. The van der Waals surface area contributed by atoms with Crippen molar-refractivity contribution in [1.29, 1.82) is 5.26 Å². The van der Waals surface area contributed by atoms with E-state index in [2.05, 4.69) is 37.3 Å². The molecule has 11 heteroatoms. The van der Waals surface area contributed by atoms with E-state index in [0.717, 1.165) is 91.2 Å². The standard InChI is InChI=1S/C31H36N8O3/c1-19-13-22(17-35-28(19)30(40)33-2)24-14-20-5-4-9-38(27(20)15-21(24)16-32)29-25-18-37(31(41)34-3)10-6-26(25)39(36-29)23-7-11-42-12-8-23/h13-15,17,23H,4-12,18H2,1-3H3,(H,33,40)(H,34,41). The zero-order chi connectivity index (χ0) is 29.4. The summed E-state index contributed by atoms with van der Waals surface area (Å²) in [4.78, 5) is 33.3. The minimum absolute atomic E-state index is 0.0905. The molecule has 3 aromatic rings. The summed E-state index contributed by atoms with van der Waals surface area (Å²) in [6.45, 7) is 5.21. The van der Waals surface area contributed by atoms with Gasteiger partial charge < -0.3 is 25.2 Å². The first-order chi connectivity index (χ1) is 20.4. The number of nitriles is 1. The summed E-state index contributed by atoms with van der Waals surface area (Å²) in [5, 5.41) is 20.9. The predicted molar refractivity (Wildman–Crippen MR) is 158 cm³/mol. The van der Waals surface area contributed by atoms with Crippen molar-refractivity contribution >= 4 is 23.4 Å². The van der Waals surface area contributed by atoms with Crippen molar-refractivity contribution < 1.29 is 14.3 Å². The van der Waals surface area contributed by atoms with Crippen molar-refractivity contribution in [3.05, 3.63) is 58.0 Å². The van der Waals surface area contributed by atoms with E-state index < -0.39 is 0 Å². The molecule has 0 radical (unpaired) electrons. The second-order valence-corrected chi connectivity index (χ2v) is 11.1. The molecular weight excluding hydrogens is 532 g/mol. The smallest absolute Gasteiger partial charge is 0.317 e. The van der Waals surface area contributed by atoms with Crippen molar-refractivity contribution in [2.45, 2.75) is 51.6 Å². The molecule has 1 fully saturated rings. The maximum Gasteiger partial charge on any atom is 0.317 e. The van der Waals surface area contributed by atoms with E-state index >= 15 is 0 Å². The van der Waals surface area contributed by atoms with Crippen LogP contribution in [0.3, 0.4) is 0 Å². The number of pyridine rings is 1. The third-order valence-corrected chi connectivity index (χ3v) is 8.65. The van der Waals surface area contributed by atoms with Crippen molar-refractivity contribution in [1.82, 2.24) is 30.3 Å². The molecule has 3 aliphatic heterocycles. The van der Waals surface area contributed by atoms with Gasteiger partial charge in [0.2, 0.25) is 0 Å². The fourth-order valence-electron chi connectivity index (χ4n) is 6.47. The third kappa shape index (κ3) is 4.86. The maximum atomic E-state index is 12.6. The number of carbonyl (C=O) groups is 2. The Hall–Kier alpha value is -4.43. The van der Waals surface area contributed by atoms with E-state index in [-0.39, 0.29) is 18.0 Å². The molecule has 0 unspecified atom stereocenters. The topological polar surface area (TPSA) is 128 Å². The fraction of sp³-hybridized carbons (Fsp3) is 0.452. The number of amides is 3. The molecule has 1 saturated heterocycles. The van der Waals surface area contributed by atoms with Crippen LogP contribution in [-0.2, 0) is 24.1 Å². The van der Waals surface area contributed by atoms with E-state index in [1.807, 2.05) is 24.0 Å². The minimum atomic E-state index is -0.237. The van der Waals surface area contributed by atoms with Gasteiger partial charge in [-0.1, -0.05) is 0 Å². The number of aromatic nitrogens is 3. The molecule has 2 aromatic heterocycles. The summed E-state index contributed by atoms with van der Waals surface area (Å²) in [5.74, 6) is 0.634. The third-order valence-electron chi connectivity index (χ3n) is 8.65. The molecule has 6 rings (SSSR count). The number of aryl methyl sites for hydroxylation is 2. The van der Waals surface area contributed by atoms with Gasteiger partial charge in [0.15, 0.2) is 5.82 Å². The maximum absolute atomic E-state index is 12.6. The van der Waals surface area contributed by atoms with E-state index in [1.165, 1.54) is 5.69 Å². The van der Waals surface area contributed by atoms with Crippen LogP contribution in [0.2, 0.25) is 0 Å². The number of hydrogen-bond donors (Lipinski definition) is 2. The van der Waals surface area contributed by atoms with Crippen molar-refractivity contribution in [2.24, 2.45) is 0 Å². The van der Waals surface area contributed by atoms with E-state index in [0.29, 0.717) is 24.3 Å². The number of hydrogen-bond acceptors (Lipinski definition) is 7. The Morgan fingerprint density at radius 3 is 2.62 bits per heavy atom. The number of carbonyl (C=O) groups excluding carboxylic acids is 2. The Labute approximate surface area is 245 Å². The zero-order valence-electron chi connectivity index (χ0n) is 24.4. The molecule has 1 aromatic carbocycles. The normalized spacial score (nSPS) is 16.8. The van der Waals surface area contributed by atoms with Gasteiger partial charge in [-0.3, -0.25) is 14.5 Å². The highest BCUT2D eigenvalue weighted by molar-refractivity contribution is 5.94. The van der Waals surface area contributed by atoms with Crippen LogP contribution in [0.4, 0.5) is 16.3 Å². The number of ether oxygens (including phenoxy) is 1. The summed E-state index contributed by atoms with van der Waals surface area (Å²) < 4.78 is 7.83. The molecule has 11 nitrogen and oxygen atoms in total. The highest BCUT2D eigenvalue weighted by atomic mass is 16.5. The number of nitrogens with zero attached hydrogens (tertiary/aromatic N) is 6. The lowest BCUT2D eigenvalue weighted by Crippen LogP contribution is -2.42. The van der Waals surface area contributed by atoms with Gasteiger partial charge in [0.25, 0.3) is 5.91 Å². The van der Waals surface area contributed by atoms with Crippen LogP contribution in [0.1, 0.15) is 63.7 Å². The first-order valence-electron chi connectivity index (χ1n) is 14.6. The number of benzene rings is 1. The van der Waals surface area contributed by atoms with Gasteiger partial charge in [-0.05, 0) is 61.9 Å². The van der Waals surface area contributed by atoms with Crippen molar-refractivity contribution in [3.8, 4) is 17.2 Å². The molecule has 2 N–H and O–H groups in total. The van der Waals surface area contributed by atoms with Crippen molar-refractivity contribution in [2.75, 3.05) is 45.3 Å². The molecule has 3 amide bonds. The van der Waals surface area contributed by atoms with Crippen LogP contribution in [-0.4, -0.2) is 72.0 Å². The van der Waals surface area contributed by atoms with Gasteiger partial charge in [-0.15, -0.1) is 0 Å². The Balaban J connectivity index is 1.43. The van der Waals surface area contributed by atoms with E-state index in [9.17, 15) is 14.9 Å². The Bertz CT molecular complexity index is 1580. The van der Waals surface area contributed by atoms with Gasteiger partial charge in [-0.2, -0.15) is 10.4 Å². The summed E-state index contributed by atoms with van der Waals surface area (Å²) in [6, 6.07) is 8.55. The average molecular weight is 569 g/mol. The molecule has 0 spiro atoms. The molecule has 0 aliphatic carbocycles. The summed E-state index contributed by atoms with van der Waals surface area (Å²) in [5.41, 5.74) is 7.66. The number of rotatable bonds is 4. The highest BCUT2D eigenvalue weighted by Crippen LogP contribution is 2.41. The lowest BCUT2D eigenvalue weighted by molar-refractivity contribution is 0.0651. The zero-order valence-corrected chi connectivity index (χ0v) is 24.4. The quantitative estimate of drug-likeness (QED) is 0.492. The second kappa shape index (κ2) is 11.4. The molecule has 3 aliphatic rings. The Kier molecular flexibility index (Phi) is 7.56. The SMILES string of the molecule is CNC(=O)c1ncc(-c2cc3c(cc2C#N)N(c2nn(C4CCOCC4)c4c2CN(C(=O)NC)CC4)CCC3)cc1C. The molecule has 0 bridgehead atoms. The number of nitrogens with one attached hydrogen (secondary N) is 2. The van der Waals surface area contributed by atoms with Gasteiger partial charge >= 0.3 is 6.03 Å². The number of fused-ring (bicyclic) bond motifs is 2. The number of urea groups is 1. The molecule has 218 valence electrons. The highest BCUT2D eigenvalue weighted by Gasteiger charge is 2.34. The van der Waals surface area contributed by atoms with Crippen LogP contribution in [0.5, 0.6) is 0 Å². The Morgan fingerprint density at radius 1 is 1.10 bits per heavy atom. The van der Waals surface area contributed by atoms with Gasteiger partial charge in [-0.25, -0.2) is 4.79 Å². The van der Waals surface area contributed by atoms with Crippen molar-refractivity contribution in [3.63, 3.8) is 0 Å². The van der Waals surface area contributed by atoms with Gasteiger partial charge in [0, 0.05) is 81.1 Å².